The standard InChI is InChI=1S/C12H17BrN2O2S/c1-9-3-2-6-15(8-9)18(16,17)12-5-4-10(14)7-11(12)13/h4-5,7,9H,2-3,6,8,14H2,1H3. The van der Waals surface area contributed by atoms with E-state index in [0.717, 1.165) is 12.8 Å². The zero-order chi connectivity index (χ0) is 13.3. The molecular weight excluding hydrogens is 316 g/mol. The number of rotatable bonds is 2. The number of piperidine rings is 1. The number of benzene rings is 1. The average Bonchev–Trinajstić information content (AvgIpc) is 2.28. The molecule has 0 aromatic heterocycles. The van der Waals surface area contributed by atoms with Gasteiger partial charge in [-0.05, 0) is 52.9 Å². The molecular formula is C12H17BrN2O2S. The Kier molecular flexibility index (Phi) is 3.99. The van der Waals surface area contributed by atoms with E-state index < -0.39 is 10.0 Å². The number of nitrogen functional groups attached to an aromatic ring is 1. The topological polar surface area (TPSA) is 63.4 Å². The third kappa shape index (κ3) is 2.70. The molecule has 100 valence electrons. The third-order valence-corrected chi connectivity index (χ3v) is 6.04. The summed E-state index contributed by atoms with van der Waals surface area (Å²) in [6.45, 7) is 3.28. The Morgan fingerprint density at radius 2 is 2.17 bits per heavy atom. The lowest BCUT2D eigenvalue weighted by Crippen LogP contribution is -2.39. The predicted molar refractivity (Wildman–Crippen MR) is 75.7 cm³/mol. The number of nitrogens with zero attached hydrogens (tertiary/aromatic N) is 1. The van der Waals surface area contributed by atoms with Crippen molar-refractivity contribution >= 4 is 31.6 Å². The lowest BCUT2D eigenvalue weighted by Gasteiger charge is -2.30. The largest absolute Gasteiger partial charge is 0.399 e. The van der Waals surface area contributed by atoms with Crippen molar-refractivity contribution < 1.29 is 8.42 Å². The van der Waals surface area contributed by atoms with Gasteiger partial charge in [-0.15, -0.1) is 0 Å². The summed E-state index contributed by atoms with van der Waals surface area (Å²) in [6, 6.07) is 4.80. The minimum absolute atomic E-state index is 0.297. The molecule has 0 radical (unpaired) electrons. The van der Waals surface area contributed by atoms with Crippen LogP contribution >= 0.6 is 15.9 Å². The van der Waals surface area contributed by atoms with E-state index in [1.165, 1.54) is 0 Å². The van der Waals surface area contributed by atoms with E-state index in [9.17, 15) is 8.42 Å². The van der Waals surface area contributed by atoms with Crippen molar-refractivity contribution in [3.63, 3.8) is 0 Å². The lowest BCUT2D eigenvalue weighted by atomic mass is 10.0. The Hall–Kier alpha value is -0.590. The fourth-order valence-corrected chi connectivity index (χ4v) is 4.88. The zero-order valence-corrected chi connectivity index (χ0v) is 12.7. The zero-order valence-electron chi connectivity index (χ0n) is 10.3. The van der Waals surface area contributed by atoms with Gasteiger partial charge in [0.15, 0.2) is 0 Å². The summed E-state index contributed by atoms with van der Waals surface area (Å²) in [5.74, 6) is 0.418. The Morgan fingerprint density at radius 1 is 1.44 bits per heavy atom. The monoisotopic (exact) mass is 332 g/mol. The first kappa shape index (κ1) is 13.8. The highest BCUT2D eigenvalue weighted by molar-refractivity contribution is 9.10. The maximum absolute atomic E-state index is 12.5. The van der Waals surface area contributed by atoms with Gasteiger partial charge in [-0.2, -0.15) is 4.31 Å². The number of sulfonamides is 1. The third-order valence-electron chi connectivity index (χ3n) is 3.19. The summed E-state index contributed by atoms with van der Waals surface area (Å²) in [4.78, 5) is 0.297. The van der Waals surface area contributed by atoms with Crippen LogP contribution in [-0.2, 0) is 10.0 Å². The number of hydrogen-bond donors (Lipinski definition) is 1. The van der Waals surface area contributed by atoms with E-state index in [0.29, 0.717) is 34.1 Å². The molecule has 0 saturated carbocycles. The second-order valence-electron chi connectivity index (χ2n) is 4.80. The molecule has 2 rings (SSSR count). The summed E-state index contributed by atoms with van der Waals surface area (Å²) in [7, 11) is -3.41. The predicted octanol–water partition coefficient (Wildman–Crippen LogP) is 2.45. The molecule has 1 aromatic rings. The van der Waals surface area contributed by atoms with Gasteiger partial charge in [-0.3, -0.25) is 0 Å². The van der Waals surface area contributed by atoms with Crippen LogP contribution in [0.25, 0.3) is 0 Å². The Labute approximate surface area is 116 Å². The number of halogens is 1. The summed E-state index contributed by atoms with van der Waals surface area (Å²) in [5, 5.41) is 0. The van der Waals surface area contributed by atoms with Gasteiger partial charge in [-0.25, -0.2) is 8.42 Å². The summed E-state index contributed by atoms with van der Waals surface area (Å²) < 4.78 is 27.1. The highest BCUT2D eigenvalue weighted by Crippen LogP contribution is 2.29. The van der Waals surface area contributed by atoms with Gasteiger partial charge < -0.3 is 5.73 Å². The van der Waals surface area contributed by atoms with Crippen molar-refractivity contribution in [1.29, 1.82) is 0 Å². The molecule has 1 atom stereocenters. The van der Waals surface area contributed by atoms with Gasteiger partial charge in [0.1, 0.15) is 0 Å². The Morgan fingerprint density at radius 3 is 2.78 bits per heavy atom. The lowest BCUT2D eigenvalue weighted by molar-refractivity contribution is 0.281. The maximum Gasteiger partial charge on any atom is 0.244 e. The van der Waals surface area contributed by atoms with Crippen LogP contribution < -0.4 is 5.73 Å². The fourth-order valence-electron chi connectivity index (χ4n) is 2.23. The smallest absolute Gasteiger partial charge is 0.244 e. The summed E-state index contributed by atoms with van der Waals surface area (Å²) >= 11 is 3.28. The van der Waals surface area contributed by atoms with Gasteiger partial charge in [-0.1, -0.05) is 6.92 Å². The van der Waals surface area contributed by atoms with Crippen LogP contribution in [0.15, 0.2) is 27.6 Å². The molecule has 1 fully saturated rings. The van der Waals surface area contributed by atoms with Crippen LogP contribution in [0.1, 0.15) is 19.8 Å². The van der Waals surface area contributed by atoms with E-state index >= 15 is 0 Å². The van der Waals surface area contributed by atoms with Gasteiger partial charge in [0.05, 0.1) is 4.90 Å². The van der Waals surface area contributed by atoms with Crippen molar-refractivity contribution in [1.82, 2.24) is 4.31 Å². The molecule has 1 aromatic carbocycles. The molecule has 0 amide bonds. The van der Waals surface area contributed by atoms with Gasteiger partial charge in [0, 0.05) is 23.2 Å². The molecule has 1 saturated heterocycles. The van der Waals surface area contributed by atoms with Crippen molar-refractivity contribution in [2.75, 3.05) is 18.8 Å². The normalized spacial score (nSPS) is 22.0. The first-order chi connectivity index (χ1) is 8.41. The van der Waals surface area contributed by atoms with Crippen LogP contribution in [-0.4, -0.2) is 25.8 Å². The minimum Gasteiger partial charge on any atom is -0.399 e. The molecule has 2 N–H and O–H groups in total. The highest BCUT2D eigenvalue weighted by atomic mass is 79.9. The van der Waals surface area contributed by atoms with E-state index in [1.807, 2.05) is 0 Å². The van der Waals surface area contributed by atoms with Crippen LogP contribution in [0.5, 0.6) is 0 Å². The summed E-state index contributed by atoms with van der Waals surface area (Å²) in [6.07, 6.45) is 2.02. The number of nitrogens with two attached hydrogens (primary N) is 1. The molecule has 1 aliphatic rings. The molecule has 1 heterocycles. The van der Waals surface area contributed by atoms with Gasteiger partial charge in [0.25, 0.3) is 0 Å². The molecule has 0 bridgehead atoms. The van der Waals surface area contributed by atoms with Crippen molar-refractivity contribution in [2.45, 2.75) is 24.7 Å². The molecule has 18 heavy (non-hydrogen) atoms. The van der Waals surface area contributed by atoms with E-state index in [2.05, 4.69) is 22.9 Å². The Bertz CT molecular complexity index is 545. The molecule has 4 nitrogen and oxygen atoms in total. The maximum atomic E-state index is 12.5. The summed E-state index contributed by atoms with van der Waals surface area (Å²) in [5.41, 5.74) is 6.18. The van der Waals surface area contributed by atoms with Gasteiger partial charge in [0.2, 0.25) is 10.0 Å². The van der Waals surface area contributed by atoms with Crippen molar-refractivity contribution in [3.05, 3.63) is 22.7 Å². The Balaban J connectivity index is 2.35. The van der Waals surface area contributed by atoms with Crippen LogP contribution in [0, 0.1) is 5.92 Å². The van der Waals surface area contributed by atoms with Crippen LogP contribution in [0.4, 0.5) is 5.69 Å². The quantitative estimate of drug-likeness (QED) is 0.846. The molecule has 0 spiro atoms. The molecule has 1 unspecified atom stereocenters. The van der Waals surface area contributed by atoms with E-state index in [1.54, 1.807) is 22.5 Å². The first-order valence-corrected chi connectivity index (χ1v) is 8.20. The fraction of sp³-hybridized carbons (Fsp3) is 0.500. The van der Waals surface area contributed by atoms with Crippen molar-refractivity contribution in [3.8, 4) is 0 Å². The molecule has 1 aliphatic heterocycles. The van der Waals surface area contributed by atoms with Gasteiger partial charge >= 0.3 is 0 Å². The van der Waals surface area contributed by atoms with Crippen LogP contribution in [0.3, 0.4) is 0 Å². The molecule has 6 heteroatoms. The second kappa shape index (κ2) is 5.19. The minimum atomic E-state index is -3.41. The molecule has 0 aliphatic carbocycles. The van der Waals surface area contributed by atoms with Crippen LogP contribution in [0.2, 0.25) is 0 Å². The van der Waals surface area contributed by atoms with Crippen molar-refractivity contribution in [2.24, 2.45) is 5.92 Å². The highest BCUT2D eigenvalue weighted by Gasteiger charge is 2.29. The average molecular weight is 333 g/mol. The second-order valence-corrected chi connectivity index (χ2v) is 7.56. The first-order valence-electron chi connectivity index (χ1n) is 5.96. The SMILES string of the molecule is CC1CCCN(S(=O)(=O)c2ccc(N)cc2Br)C1. The number of anilines is 1. The van der Waals surface area contributed by atoms with E-state index in [4.69, 9.17) is 5.73 Å². The number of hydrogen-bond acceptors (Lipinski definition) is 3. The van der Waals surface area contributed by atoms with E-state index in [-0.39, 0.29) is 0 Å².